The highest BCUT2D eigenvalue weighted by Crippen LogP contribution is 2.48. The summed E-state index contributed by atoms with van der Waals surface area (Å²) in [6, 6.07) is 40.9. The fourth-order valence-corrected chi connectivity index (χ4v) is 8.80. The first-order chi connectivity index (χ1) is 31.5. The van der Waals surface area contributed by atoms with Crippen molar-refractivity contribution in [3.05, 3.63) is 161 Å². The summed E-state index contributed by atoms with van der Waals surface area (Å²) in [5, 5.41) is 11.6. The van der Waals surface area contributed by atoms with Crippen molar-refractivity contribution in [1.82, 2.24) is 9.99 Å². The van der Waals surface area contributed by atoms with Crippen LogP contribution >= 0.6 is 8.53 Å². The molecule has 13 nitrogen and oxygen atoms in total. The van der Waals surface area contributed by atoms with Crippen LogP contribution in [0.1, 0.15) is 61.2 Å². The number of carbonyl (C=O) groups excluding carboxylic acids is 1. The summed E-state index contributed by atoms with van der Waals surface area (Å²) in [6.07, 6.45) is -0.0409. The van der Waals surface area contributed by atoms with Gasteiger partial charge in [0.2, 0.25) is 6.54 Å². The highest BCUT2D eigenvalue weighted by Gasteiger charge is 2.40. The predicted molar refractivity (Wildman–Crippen MR) is 259 cm³/mol. The third-order valence-electron chi connectivity index (χ3n) is 10.4. The predicted octanol–water partition coefficient (Wildman–Crippen LogP) is 11.0. The fourth-order valence-electron chi connectivity index (χ4n) is 7.12. The maximum absolute atomic E-state index is 13.1. The van der Waals surface area contributed by atoms with E-state index >= 15 is 0 Å². The molecule has 65 heavy (non-hydrogen) atoms. The first kappa shape index (κ1) is 50.3. The molecule has 0 spiro atoms. The van der Waals surface area contributed by atoms with Gasteiger partial charge in [-0.2, -0.15) is 10.2 Å². The third-order valence-corrected chi connectivity index (χ3v) is 12.6. The SMILES string of the molecule is [C-]#[N+]CCOP(OC(COCCCNC(=O)c1ccc(N=Nc2ccc(N(C)C)cc2)cc1)COC(c1ccccc1)(c1ccc(OC)cc1)c1ccc(OC)cc1)N(C(C)C)C(C)C. The van der Waals surface area contributed by atoms with Crippen LogP contribution in [0.2, 0.25) is 0 Å². The standard InChI is InChI=1S/C51H63N6O7P/c1-38(2)57(39(3)4)65(63-35-33-52-5)64-49(36-61-34-13-32-53-50(58)40-16-22-44(23-17-40)54-55-45-24-26-46(27-25-45)56(6)7)37-62-51(41-14-11-10-12-15-41,42-18-28-47(59-8)29-19-42)43-20-30-48(60-9)31-21-43/h10-12,14-31,38-39,49H,13,32-37H2,1-4,6-9H3,(H,53,58). The Kier molecular flexibility index (Phi) is 19.9. The van der Waals surface area contributed by atoms with Crippen LogP contribution in [0.25, 0.3) is 4.85 Å². The zero-order valence-corrected chi connectivity index (χ0v) is 39.7. The Balaban J connectivity index is 1.32. The van der Waals surface area contributed by atoms with Crippen molar-refractivity contribution >= 4 is 31.5 Å². The van der Waals surface area contributed by atoms with Gasteiger partial charge in [0.25, 0.3) is 14.4 Å². The third kappa shape index (κ3) is 14.4. The Morgan fingerprint density at radius 2 is 1.26 bits per heavy atom. The van der Waals surface area contributed by atoms with E-state index in [9.17, 15) is 4.79 Å². The quantitative estimate of drug-likeness (QED) is 0.0190. The van der Waals surface area contributed by atoms with Gasteiger partial charge in [-0.1, -0.05) is 54.6 Å². The summed E-state index contributed by atoms with van der Waals surface area (Å²) in [6.45, 7) is 17.3. The van der Waals surface area contributed by atoms with Gasteiger partial charge in [-0.05, 0) is 124 Å². The van der Waals surface area contributed by atoms with Crippen LogP contribution in [0.3, 0.4) is 0 Å². The number of anilines is 1. The largest absolute Gasteiger partial charge is 0.497 e. The monoisotopic (exact) mass is 902 g/mol. The highest BCUT2D eigenvalue weighted by molar-refractivity contribution is 7.44. The Bertz CT molecular complexity index is 2180. The van der Waals surface area contributed by atoms with E-state index in [4.69, 9.17) is 34.6 Å². The molecule has 0 aliphatic carbocycles. The van der Waals surface area contributed by atoms with Crippen molar-refractivity contribution in [2.24, 2.45) is 10.2 Å². The van der Waals surface area contributed by atoms with Crippen molar-refractivity contribution in [1.29, 1.82) is 0 Å². The lowest BCUT2D eigenvalue weighted by molar-refractivity contribution is -0.0589. The fraction of sp³-hybridized carbons (Fsp3) is 0.373. The first-order valence-electron chi connectivity index (χ1n) is 21.8. The van der Waals surface area contributed by atoms with Crippen molar-refractivity contribution in [2.75, 3.05) is 72.7 Å². The van der Waals surface area contributed by atoms with E-state index in [1.807, 2.05) is 110 Å². The van der Waals surface area contributed by atoms with Crippen molar-refractivity contribution < 1.29 is 32.8 Å². The molecule has 2 unspecified atom stereocenters. The van der Waals surface area contributed by atoms with Gasteiger partial charge in [-0.3, -0.25) is 4.79 Å². The molecule has 0 aliphatic rings. The highest BCUT2D eigenvalue weighted by atomic mass is 31.2. The Labute approximate surface area is 386 Å². The van der Waals surface area contributed by atoms with E-state index in [0.29, 0.717) is 30.8 Å². The lowest BCUT2D eigenvalue weighted by Gasteiger charge is -2.39. The summed E-state index contributed by atoms with van der Waals surface area (Å²) >= 11 is 0. The number of hydrogen-bond donors (Lipinski definition) is 1. The number of rotatable bonds is 26. The second-order valence-electron chi connectivity index (χ2n) is 15.9. The molecule has 14 heteroatoms. The molecule has 5 aromatic carbocycles. The van der Waals surface area contributed by atoms with E-state index in [-0.39, 0.29) is 44.4 Å². The second-order valence-corrected chi connectivity index (χ2v) is 17.3. The minimum Gasteiger partial charge on any atom is -0.497 e. The smallest absolute Gasteiger partial charge is 0.259 e. The molecule has 1 N–H and O–H groups in total. The number of azo groups is 1. The van der Waals surface area contributed by atoms with E-state index in [1.54, 1.807) is 38.5 Å². The summed E-state index contributed by atoms with van der Waals surface area (Å²) in [4.78, 5) is 18.6. The van der Waals surface area contributed by atoms with Gasteiger partial charge in [-0.15, -0.1) is 0 Å². The van der Waals surface area contributed by atoms with Gasteiger partial charge in [0.15, 0.2) is 0 Å². The molecule has 0 bridgehead atoms. The lowest BCUT2D eigenvalue weighted by atomic mass is 9.80. The molecule has 1 amide bonds. The van der Waals surface area contributed by atoms with E-state index in [2.05, 4.69) is 64.9 Å². The van der Waals surface area contributed by atoms with Crippen molar-refractivity contribution in [3.8, 4) is 11.5 Å². The number of amides is 1. The molecular formula is C51H63N6O7P. The molecule has 2 atom stereocenters. The van der Waals surface area contributed by atoms with Gasteiger partial charge in [0.05, 0.1) is 38.8 Å². The molecule has 0 radical (unpaired) electrons. The van der Waals surface area contributed by atoms with Crippen LogP contribution in [0.4, 0.5) is 17.1 Å². The Morgan fingerprint density at radius 1 is 0.723 bits per heavy atom. The Hall–Kier alpha value is -5.71. The Morgan fingerprint density at radius 3 is 1.77 bits per heavy atom. The summed E-state index contributed by atoms with van der Waals surface area (Å²) in [5.41, 5.74) is 4.59. The number of carbonyl (C=O) groups is 1. The maximum atomic E-state index is 13.1. The molecule has 0 saturated heterocycles. The zero-order chi connectivity index (χ0) is 46.6. The van der Waals surface area contributed by atoms with Crippen molar-refractivity contribution in [2.45, 2.75) is 57.9 Å². The van der Waals surface area contributed by atoms with Crippen LogP contribution in [-0.4, -0.2) is 96.6 Å². The first-order valence-corrected chi connectivity index (χ1v) is 23.0. The second kappa shape index (κ2) is 25.7. The maximum Gasteiger partial charge on any atom is 0.259 e. The van der Waals surface area contributed by atoms with E-state index in [1.165, 1.54) is 0 Å². The number of hydrogen-bond acceptors (Lipinski definition) is 11. The van der Waals surface area contributed by atoms with Crippen molar-refractivity contribution in [3.63, 3.8) is 0 Å². The number of ether oxygens (including phenoxy) is 4. The molecule has 0 fully saturated rings. The van der Waals surface area contributed by atoms with Crippen LogP contribution in [-0.2, 0) is 24.1 Å². The normalized spacial score (nSPS) is 12.6. The van der Waals surface area contributed by atoms with E-state index in [0.717, 1.165) is 39.6 Å². The number of methoxy groups -OCH3 is 2. The van der Waals surface area contributed by atoms with E-state index < -0.39 is 20.2 Å². The number of benzene rings is 5. The van der Waals surface area contributed by atoms with Crippen LogP contribution < -0.4 is 19.7 Å². The van der Waals surface area contributed by atoms with Gasteiger partial charge >= 0.3 is 0 Å². The molecule has 0 aromatic heterocycles. The lowest BCUT2D eigenvalue weighted by Crippen LogP contribution is -2.39. The molecule has 0 saturated carbocycles. The molecule has 344 valence electrons. The van der Waals surface area contributed by atoms with Crippen LogP contribution in [0.5, 0.6) is 11.5 Å². The topological polar surface area (TPSA) is 120 Å². The number of nitrogens with zero attached hydrogens (tertiary/aromatic N) is 5. The summed E-state index contributed by atoms with van der Waals surface area (Å²) < 4.78 is 40.2. The van der Waals surface area contributed by atoms with Gasteiger partial charge < -0.3 is 43.1 Å². The van der Waals surface area contributed by atoms with Gasteiger partial charge in [-0.25, -0.2) is 11.2 Å². The molecule has 0 aliphatic heterocycles. The molecule has 0 heterocycles. The van der Waals surface area contributed by atoms with Crippen LogP contribution in [0.15, 0.2) is 138 Å². The van der Waals surface area contributed by atoms with Gasteiger partial charge in [0.1, 0.15) is 29.8 Å². The molecule has 5 aromatic rings. The van der Waals surface area contributed by atoms with Gasteiger partial charge in [0, 0.05) is 50.6 Å². The average Bonchev–Trinajstić information content (AvgIpc) is 3.32. The summed E-state index contributed by atoms with van der Waals surface area (Å²) in [7, 11) is 5.63. The number of nitrogens with one attached hydrogen (secondary N) is 1. The minimum atomic E-state index is -1.63. The summed E-state index contributed by atoms with van der Waals surface area (Å²) in [5.74, 6) is 1.25. The molecule has 5 rings (SSSR count). The zero-order valence-electron chi connectivity index (χ0n) is 38.8. The minimum absolute atomic E-state index is 0.0916. The van der Waals surface area contributed by atoms with Crippen LogP contribution in [0, 0.1) is 6.57 Å². The molecular weight excluding hydrogens is 840 g/mol. The average molecular weight is 903 g/mol.